The van der Waals surface area contributed by atoms with E-state index in [1.807, 2.05) is 11.3 Å². The molecule has 2 unspecified atom stereocenters. The summed E-state index contributed by atoms with van der Waals surface area (Å²) in [7, 11) is 0. The van der Waals surface area contributed by atoms with E-state index < -0.39 is 5.41 Å². The van der Waals surface area contributed by atoms with Crippen LogP contribution in [0.25, 0.3) is 64.7 Å². The summed E-state index contributed by atoms with van der Waals surface area (Å²) in [6.45, 7) is 2.47. The number of fused-ring (bicyclic) bond motifs is 10. The van der Waals surface area contributed by atoms with Crippen molar-refractivity contribution in [1.82, 2.24) is 0 Å². The van der Waals surface area contributed by atoms with E-state index in [9.17, 15) is 0 Å². The molecule has 59 heavy (non-hydrogen) atoms. The zero-order valence-corrected chi connectivity index (χ0v) is 33.1. The first-order chi connectivity index (χ1) is 29.1. The Morgan fingerprint density at radius 3 is 1.80 bits per heavy atom. The second kappa shape index (κ2) is 11.1. The summed E-state index contributed by atoms with van der Waals surface area (Å²) in [5.74, 6) is 0. The third-order valence-electron chi connectivity index (χ3n) is 14.3. The number of thiophene rings is 1. The van der Waals surface area contributed by atoms with Gasteiger partial charge in [0.2, 0.25) is 0 Å². The molecule has 1 nitrogen and oxygen atoms in total. The third kappa shape index (κ3) is 3.86. The van der Waals surface area contributed by atoms with Gasteiger partial charge in [-0.05, 0) is 145 Å². The fourth-order valence-corrected chi connectivity index (χ4v) is 12.9. The topological polar surface area (TPSA) is 3.24 Å². The summed E-state index contributed by atoms with van der Waals surface area (Å²) in [4.78, 5) is 2.50. The van der Waals surface area contributed by atoms with E-state index in [4.69, 9.17) is 0 Å². The van der Waals surface area contributed by atoms with Crippen molar-refractivity contribution >= 4 is 48.6 Å². The maximum absolute atomic E-state index is 2.59. The van der Waals surface area contributed by atoms with Gasteiger partial charge in [-0.3, -0.25) is 0 Å². The van der Waals surface area contributed by atoms with Crippen LogP contribution in [0.3, 0.4) is 0 Å². The van der Waals surface area contributed by atoms with Crippen LogP contribution >= 0.6 is 11.3 Å². The summed E-state index contributed by atoms with van der Waals surface area (Å²) in [5, 5.41) is 2.73. The van der Waals surface area contributed by atoms with E-state index in [1.165, 1.54) is 104 Å². The summed E-state index contributed by atoms with van der Waals surface area (Å²) in [6.07, 6.45) is 0. The highest BCUT2D eigenvalue weighted by atomic mass is 32.1. The van der Waals surface area contributed by atoms with Crippen molar-refractivity contribution in [3.8, 4) is 44.5 Å². The Morgan fingerprint density at radius 2 is 0.983 bits per heavy atom. The summed E-state index contributed by atoms with van der Waals surface area (Å²) < 4.78 is 2.68. The molecule has 5 aliphatic rings. The van der Waals surface area contributed by atoms with Gasteiger partial charge in [0.1, 0.15) is 0 Å². The van der Waals surface area contributed by atoms with Crippen LogP contribution in [-0.4, -0.2) is 0 Å². The van der Waals surface area contributed by atoms with Crippen molar-refractivity contribution in [2.24, 2.45) is 0 Å². The molecule has 0 N–H and O–H groups in total. The minimum Gasteiger partial charge on any atom is -0.310 e. The van der Waals surface area contributed by atoms with E-state index in [0.29, 0.717) is 0 Å². The molecule has 1 aromatic heterocycles. The number of nitrogens with zero attached hydrogens (tertiary/aromatic N) is 1. The van der Waals surface area contributed by atoms with Crippen molar-refractivity contribution in [3.63, 3.8) is 0 Å². The predicted octanol–water partition coefficient (Wildman–Crippen LogP) is 15.2. The normalized spacial score (nSPS) is 18.4. The van der Waals surface area contributed by atoms with Gasteiger partial charge in [-0.25, -0.2) is 0 Å². The molecule has 0 amide bonds. The number of benzene rings is 9. The molecule has 0 saturated carbocycles. The van der Waals surface area contributed by atoms with Crippen LogP contribution in [-0.2, 0) is 10.8 Å². The number of anilines is 3. The van der Waals surface area contributed by atoms with Crippen molar-refractivity contribution < 1.29 is 0 Å². The molecule has 0 radical (unpaired) electrons. The maximum Gasteiger partial charge on any atom is 0.0726 e. The molecule has 9 aromatic carbocycles. The lowest BCUT2D eigenvalue weighted by atomic mass is 9.69. The molecular weight excluding hydrogens is 731 g/mol. The second-order valence-electron chi connectivity index (χ2n) is 16.9. The Hall–Kier alpha value is -7.00. The van der Waals surface area contributed by atoms with Crippen LogP contribution in [0.5, 0.6) is 0 Å². The van der Waals surface area contributed by atoms with Crippen molar-refractivity contribution in [3.05, 3.63) is 233 Å². The molecule has 0 saturated heterocycles. The van der Waals surface area contributed by atoms with E-state index in [2.05, 4.69) is 206 Å². The molecule has 1 spiro atoms. The van der Waals surface area contributed by atoms with Crippen molar-refractivity contribution in [2.75, 3.05) is 4.90 Å². The van der Waals surface area contributed by atoms with Gasteiger partial charge in [-0.2, -0.15) is 0 Å². The van der Waals surface area contributed by atoms with E-state index in [1.54, 1.807) is 0 Å². The molecule has 8 bridgehead atoms. The third-order valence-corrected chi connectivity index (χ3v) is 15.4. The van der Waals surface area contributed by atoms with Gasteiger partial charge in [0, 0.05) is 42.6 Å². The molecule has 274 valence electrons. The molecular formula is C57H35NS. The summed E-state index contributed by atoms with van der Waals surface area (Å²) in [5.41, 5.74) is 22.6. The monoisotopic (exact) mass is 765 g/mol. The Bertz CT molecular complexity index is 3460. The van der Waals surface area contributed by atoms with Gasteiger partial charge in [0.05, 0.1) is 5.41 Å². The van der Waals surface area contributed by atoms with Crippen LogP contribution in [0.2, 0.25) is 0 Å². The highest BCUT2D eigenvalue weighted by Crippen LogP contribution is 2.66. The lowest BCUT2D eigenvalue weighted by molar-refractivity contribution is 0.712. The number of rotatable bonds is 2. The summed E-state index contributed by atoms with van der Waals surface area (Å²) in [6, 6.07) is 74.1. The van der Waals surface area contributed by atoms with Gasteiger partial charge in [-0.1, -0.05) is 140 Å². The Kier molecular flexibility index (Phi) is 6.04. The largest absolute Gasteiger partial charge is 0.310 e. The van der Waals surface area contributed by atoms with E-state index >= 15 is 0 Å². The highest BCUT2D eigenvalue weighted by molar-refractivity contribution is 7.26. The smallest absolute Gasteiger partial charge is 0.0726 e. The fourth-order valence-electron chi connectivity index (χ4n) is 11.7. The van der Waals surface area contributed by atoms with Crippen molar-refractivity contribution in [2.45, 2.75) is 17.8 Å². The van der Waals surface area contributed by atoms with Crippen LogP contribution in [0, 0.1) is 0 Å². The molecule has 3 heterocycles. The van der Waals surface area contributed by atoms with Crippen LogP contribution in [0.4, 0.5) is 17.1 Å². The standard InChI is InChI=1S/C57H35NS/c1-56-36-21-28-48-45(31-36)54-49(29-30-53-55(54)44-15-7-10-18-52(44)59-53)57(48)47-17-9-6-14-41(47)43-27-25-39(33-51(43)57)58(37-22-19-35(20-23-37)34-11-3-2-4-12-34)38-24-26-42(50(56)32-38)40-13-5-8-16-46(40)56/h2-33H,1H3. The van der Waals surface area contributed by atoms with Crippen LogP contribution in [0.15, 0.2) is 194 Å². The van der Waals surface area contributed by atoms with E-state index in [-0.39, 0.29) is 5.41 Å². The highest BCUT2D eigenvalue weighted by Gasteiger charge is 2.53. The fraction of sp³-hybridized carbons (Fsp3) is 0.0526. The van der Waals surface area contributed by atoms with Gasteiger partial charge in [0.15, 0.2) is 0 Å². The Balaban J connectivity index is 1.15. The quantitative estimate of drug-likeness (QED) is 0.169. The Morgan fingerprint density at radius 1 is 0.390 bits per heavy atom. The molecule has 2 atom stereocenters. The number of hydrogen-bond acceptors (Lipinski definition) is 2. The van der Waals surface area contributed by atoms with Crippen molar-refractivity contribution in [1.29, 1.82) is 0 Å². The molecule has 3 aliphatic carbocycles. The van der Waals surface area contributed by atoms with Gasteiger partial charge in [0.25, 0.3) is 0 Å². The molecule has 15 rings (SSSR count). The average molecular weight is 766 g/mol. The second-order valence-corrected chi connectivity index (χ2v) is 18.0. The first kappa shape index (κ1) is 32.0. The zero-order chi connectivity index (χ0) is 38.6. The lowest BCUT2D eigenvalue weighted by Crippen LogP contribution is -2.26. The van der Waals surface area contributed by atoms with Gasteiger partial charge in [-0.15, -0.1) is 11.3 Å². The summed E-state index contributed by atoms with van der Waals surface area (Å²) >= 11 is 1.92. The minimum atomic E-state index is -0.489. The number of hydrogen-bond donors (Lipinski definition) is 0. The Labute approximate surface area is 347 Å². The SMILES string of the molecule is CC12c3ccc4c(c3)-c3c(ccc5sc6ccccc6c35)C43c4ccccc4-c4ccc(cc43)N(c3ccc(-c4ccccc4)cc3)c3ccc(c1c3)-c1ccccc12. The van der Waals surface area contributed by atoms with Gasteiger partial charge < -0.3 is 4.90 Å². The van der Waals surface area contributed by atoms with Gasteiger partial charge >= 0.3 is 0 Å². The van der Waals surface area contributed by atoms with Crippen LogP contribution < -0.4 is 4.90 Å². The first-order valence-corrected chi connectivity index (χ1v) is 21.5. The minimum absolute atomic E-state index is 0.383. The molecule has 10 aromatic rings. The molecule has 0 fully saturated rings. The van der Waals surface area contributed by atoms with E-state index in [0.717, 1.165) is 17.1 Å². The van der Waals surface area contributed by atoms with Crippen LogP contribution in [0.1, 0.15) is 45.9 Å². The lowest BCUT2D eigenvalue weighted by Gasteiger charge is -2.32. The molecule has 2 aliphatic heterocycles. The maximum atomic E-state index is 2.59. The first-order valence-electron chi connectivity index (χ1n) is 20.7. The average Bonchev–Trinajstić information content (AvgIpc) is 3.99. The molecule has 2 heteroatoms. The zero-order valence-electron chi connectivity index (χ0n) is 32.3. The predicted molar refractivity (Wildman–Crippen MR) is 247 cm³/mol.